The second-order valence-corrected chi connectivity index (χ2v) is 4.52. The van der Waals surface area contributed by atoms with Gasteiger partial charge in [-0.1, -0.05) is 24.3 Å². The van der Waals surface area contributed by atoms with Gasteiger partial charge in [-0.2, -0.15) is 0 Å². The molecule has 0 aromatic heterocycles. The maximum Gasteiger partial charge on any atom is 0.573 e. The van der Waals surface area contributed by atoms with E-state index in [1.165, 1.54) is 18.2 Å². The third kappa shape index (κ3) is 3.98. The number of ether oxygens (including phenoxy) is 1. The summed E-state index contributed by atoms with van der Waals surface area (Å²) in [5, 5.41) is 18.5. The van der Waals surface area contributed by atoms with Gasteiger partial charge in [0.25, 0.3) is 0 Å². The zero-order valence-corrected chi connectivity index (χ0v) is 11.3. The highest BCUT2D eigenvalue weighted by molar-refractivity contribution is 5.81. The first-order valence-corrected chi connectivity index (χ1v) is 6.24. The molecule has 1 unspecified atom stereocenters. The Morgan fingerprint density at radius 2 is 1.74 bits per heavy atom. The van der Waals surface area contributed by atoms with Gasteiger partial charge in [0.1, 0.15) is 11.6 Å². The van der Waals surface area contributed by atoms with E-state index in [0.717, 1.165) is 24.3 Å². The van der Waals surface area contributed by atoms with E-state index in [-0.39, 0.29) is 16.7 Å². The predicted molar refractivity (Wildman–Crippen MR) is 71.1 cm³/mol. The topological polar surface area (TPSA) is 66.8 Å². The number of alkyl halides is 3. The molecule has 0 fully saturated rings. The third-order valence-electron chi connectivity index (χ3n) is 2.95. The molecule has 0 bridgehead atoms. The number of aliphatic hydroxyl groups is 1. The van der Waals surface area contributed by atoms with Crippen LogP contribution in [0.15, 0.2) is 42.5 Å². The molecule has 0 saturated heterocycles. The highest BCUT2D eigenvalue weighted by Crippen LogP contribution is 2.37. The minimum atomic E-state index is -4.96. The normalized spacial score (nSPS) is 12.7. The van der Waals surface area contributed by atoms with E-state index >= 15 is 0 Å². The number of carbonyl (C=O) groups is 1. The van der Waals surface area contributed by atoms with Gasteiger partial charge in [-0.3, -0.25) is 0 Å². The number of carboxylic acid groups (broad SMARTS) is 1. The molecule has 23 heavy (non-hydrogen) atoms. The molecular weight excluding hydrogens is 320 g/mol. The van der Waals surface area contributed by atoms with Crippen LogP contribution >= 0.6 is 0 Å². The van der Waals surface area contributed by atoms with Gasteiger partial charge in [-0.25, -0.2) is 9.18 Å². The van der Waals surface area contributed by atoms with Crippen LogP contribution in [0.25, 0.3) is 11.1 Å². The average Bonchev–Trinajstić information content (AvgIpc) is 2.45. The van der Waals surface area contributed by atoms with Crippen molar-refractivity contribution in [3.8, 4) is 16.9 Å². The maximum atomic E-state index is 13.3. The van der Waals surface area contributed by atoms with Gasteiger partial charge in [-0.15, -0.1) is 13.2 Å². The Kier molecular flexibility index (Phi) is 4.55. The summed E-state index contributed by atoms with van der Waals surface area (Å²) in [6.45, 7) is 0. The first-order chi connectivity index (χ1) is 10.7. The fraction of sp³-hybridized carbons (Fsp3) is 0.133. The largest absolute Gasteiger partial charge is 0.573 e. The van der Waals surface area contributed by atoms with E-state index in [2.05, 4.69) is 4.74 Å². The third-order valence-corrected chi connectivity index (χ3v) is 2.95. The summed E-state index contributed by atoms with van der Waals surface area (Å²) in [6.07, 6.45) is -7.05. The molecule has 4 nitrogen and oxygen atoms in total. The quantitative estimate of drug-likeness (QED) is 0.842. The van der Waals surface area contributed by atoms with E-state index in [9.17, 15) is 27.5 Å². The molecule has 0 radical (unpaired) electrons. The summed E-state index contributed by atoms with van der Waals surface area (Å²) in [7, 11) is 0. The monoisotopic (exact) mass is 330 g/mol. The standard InChI is InChI=1S/C15H10F4O4/c16-8-5-6-9(11(7-8)13(20)14(21)22)10-3-1-2-4-12(10)23-15(17,18)19/h1-7,13,20H,(H,21,22). The summed E-state index contributed by atoms with van der Waals surface area (Å²) >= 11 is 0. The highest BCUT2D eigenvalue weighted by atomic mass is 19.4. The number of aliphatic carboxylic acids is 1. The van der Waals surface area contributed by atoms with Gasteiger partial charge in [0, 0.05) is 11.1 Å². The molecule has 0 saturated carbocycles. The fourth-order valence-corrected chi connectivity index (χ4v) is 2.04. The maximum absolute atomic E-state index is 13.3. The number of halogens is 4. The molecule has 0 aliphatic heterocycles. The van der Waals surface area contributed by atoms with Crippen molar-refractivity contribution in [3.63, 3.8) is 0 Å². The number of benzene rings is 2. The molecule has 122 valence electrons. The lowest BCUT2D eigenvalue weighted by atomic mass is 9.95. The molecule has 0 aliphatic rings. The molecule has 0 aliphatic carbocycles. The molecule has 1 atom stereocenters. The SMILES string of the molecule is O=C(O)C(O)c1cc(F)ccc1-c1ccccc1OC(F)(F)F. The van der Waals surface area contributed by atoms with Gasteiger partial charge in [-0.05, 0) is 23.8 Å². The van der Waals surface area contributed by atoms with Crippen molar-refractivity contribution in [3.05, 3.63) is 53.8 Å². The molecule has 0 heterocycles. The lowest BCUT2D eigenvalue weighted by molar-refractivity contribution is -0.274. The van der Waals surface area contributed by atoms with Crippen LogP contribution in [-0.2, 0) is 4.79 Å². The van der Waals surface area contributed by atoms with E-state index in [4.69, 9.17) is 5.11 Å². The van der Waals surface area contributed by atoms with E-state index < -0.39 is 30.0 Å². The lowest BCUT2D eigenvalue weighted by Gasteiger charge is -2.17. The van der Waals surface area contributed by atoms with Gasteiger partial charge in [0.2, 0.25) is 0 Å². The van der Waals surface area contributed by atoms with Crippen LogP contribution in [0.2, 0.25) is 0 Å². The van der Waals surface area contributed by atoms with Crippen LogP contribution < -0.4 is 4.74 Å². The average molecular weight is 330 g/mol. The number of rotatable bonds is 4. The summed E-state index contributed by atoms with van der Waals surface area (Å²) < 4.78 is 54.6. The second-order valence-electron chi connectivity index (χ2n) is 4.52. The molecule has 2 aromatic rings. The van der Waals surface area contributed by atoms with Crippen LogP contribution in [0.1, 0.15) is 11.7 Å². The van der Waals surface area contributed by atoms with Crippen molar-refractivity contribution in [2.75, 3.05) is 0 Å². The molecule has 2 rings (SSSR count). The summed E-state index contributed by atoms with van der Waals surface area (Å²) in [5.74, 6) is -3.09. The second kappa shape index (κ2) is 6.25. The Bertz CT molecular complexity index is 728. The minimum Gasteiger partial charge on any atom is -0.479 e. The van der Waals surface area contributed by atoms with Gasteiger partial charge in [0.15, 0.2) is 6.10 Å². The Labute approximate surface area is 127 Å². The van der Waals surface area contributed by atoms with Crippen LogP contribution in [0.4, 0.5) is 17.6 Å². The van der Waals surface area contributed by atoms with Crippen molar-refractivity contribution in [2.45, 2.75) is 12.5 Å². The molecule has 0 amide bonds. The predicted octanol–water partition coefficient (Wildman–Crippen LogP) is 3.51. The van der Waals surface area contributed by atoms with Crippen molar-refractivity contribution in [1.82, 2.24) is 0 Å². The first-order valence-electron chi connectivity index (χ1n) is 6.24. The van der Waals surface area contributed by atoms with E-state index in [1.807, 2.05) is 0 Å². The lowest BCUT2D eigenvalue weighted by Crippen LogP contribution is -2.18. The number of para-hydroxylation sites is 1. The number of carboxylic acids is 1. The zero-order valence-electron chi connectivity index (χ0n) is 11.3. The highest BCUT2D eigenvalue weighted by Gasteiger charge is 2.32. The Morgan fingerprint density at radius 1 is 1.09 bits per heavy atom. The number of hydrogen-bond donors (Lipinski definition) is 2. The van der Waals surface area contributed by atoms with Crippen LogP contribution in [-0.4, -0.2) is 22.5 Å². The van der Waals surface area contributed by atoms with Gasteiger partial charge < -0.3 is 14.9 Å². The van der Waals surface area contributed by atoms with Crippen molar-refractivity contribution in [2.24, 2.45) is 0 Å². The van der Waals surface area contributed by atoms with E-state index in [0.29, 0.717) is 0 Å². The number of aliphatic hydroxyl groups excluding tert-OH is 1. The van der Waals surface area contributed by atoms with Crippen molar-refractivity contribution in [1.29, 1.82) is 0 Å². The molecule has 0 spiro atoms. The smallest absolute Gasteiger partial charge is 0.479 e. The Morgan fingerprint density at radius 3 is 2.35 bits per heavy atom. The molecule has 2 N–H and O–H groups in total. The number of hydrogen-bond acceptors (Lipinski definition) is 3. The minimum absolute atomic E-state index is 0.0823. The van der Waals surface area contributed by atoms with Crippen LogP contribution in [0.5, 0.6) is 5.75 Å². The molecule has 8 heteroatoms. The molecular formula is C15H10F4O4. The summed E-state index contributed by atoms with van der Waals surface area (Å²) in [6, 6.07) is 7.74. The Hall–Kier alpha value is -2.61. The molecule has 2 aromatic carbocycles. The fourth-order valence-electron chi connectivity index (χ4n) is 2.04. The van der Waals surface area contributed by atoms with Gasteiger partial charge >= 0.3 is 12.3 Å². The van der Waals surface area contributed by atoms with Crippen LogP contribution in [0, 0.1) is 5.82 Å². The van der Waals surface area contributed by atoms with Crippen LogP contribution in [0.3, 0.4) is 0 Å². The first kappa shape index (κ1) is 16.8. The zero-order chi connectivity index (χ0) is 17.2. The summed E-state index contributed by atoms with van der Waals surface area (Å²) in [5.41, 5.74) is -0.586. The Balaban J connectivity index is 2.61. The van der Waals surface area contributed by atoms with Crippen molar-refractivity contribution < 1.29 is 37.3 Å². The van der Waals surface area contributed by atoms with Gasteiger partial charge in [0.05, 0.1) is 0 Å². The summed E-state index contributed by atoms with van der Waals surface area (Å²) in [4.78, 5) is 10.9. The van der Waals surface area contributed by atoms with E-state index in [1.54, 1.807) is 0 Å². The van der Waals surface area contributed by atoms with Crippen molar-refractivity contribution >= 4 is 5.97 Å².